The molecule has 0 bridgehead atoms. The average molecular weight is 300 g/mol. The summed E-state index contributed by atoms with van der Waals surface area (Å²) in [5.74, 6) is -1.57. The van der Waals surface area contributed by atoms with Crippen LogP contribution >= 0.6 is 0 Å². The molecule has 0 radical (unpaired) electrons. The molecular formula is C14H24N2O5. The number of hydrogen-bond donors (Lipinski definition) is 2. The predicted molar refractivity (Wildman–Crippen MR) is 75.1 cm³/mol. The molecule has 2 aliphatic rings. The second-order valence-electron chi connectivity index (χ2n) is 5.51. The number of amides is 2. The highest BCUT2D eigenvalue weighted by molar-refractivity contribution is 5.77. The third-order valence-corrected chi connectivity index (χ3v) is 4.12. The molecule has 0 aromatic rings. The number of likely N-dealkylation sites (N-methyl/N-ethyl adjacent to an activating group) is 1. The molecule has 21 heavy (non-hydrogen) atoms. The Labute approximate surface area is 124 Å². The molecule has 7 nitrogen and oxygen atoms in total. The number of urea groups is 1. The largest absolute Gasteiger partial charge is 0.481 e. The van der Waals surface area contributed by atoms with E-state index in [1.54, 1.807) is 4.90 Å². The van der Waals surface area contributed by atoms with Gasteiger partial charge in [0.05, 0.1) is 25.4 Å². The van der Waals surface area contributed by atoms with Gasteiger partial charge in [0.15, 0.2) is 0 Å². The van der Waals surface area contributed by atoms with Gasteiger partial charge >= 0.3 is 12.0 Å². The summed E-state index contributed by atoms with van der Waals surface area (Å²) in [4.78, 5) is 25.0. The fraction of sp³-hybridized carbons (Fsp3) is 0.857. The third kappa shape index (κ3) is 4.07. The summed E-state index contributed by atoms with van der Waals surface area (Å²) >= 11 is 0. The van der Waals surface area contributed by atoms with Crippen LogP contribution in [0, 0.1) is 5.92 Å². The molecule has 2 aliphatic heterocycles. The van der Waals surface area contributed by atoms with Gasteiger partial charge in [-0.15, -0.1) is 0 Å². The lowest BCUT2D eigenvalue weighted by Gasteiger charge is -2.30. The minimum absolute atomic E-state index is 0.0662. The van der Waals surface area contributed by atoms with E-state index in [9.17, 15) is 14.7 Å². The van der Waals surface area contributed by atoms with Crippen LogP contribution in [0.15, 0.2) is 0 Å². The highest BCUT2D eigenvalue weighted by Crippen LogP contribution is 2.20. The van der Waals surface area contributed by atoms with E-state index in [-0.39, 0.29) is 25.3 Å². The molecule has 7 heteroatoms. The Balaban J connectivity index is 1.87. The van der Waals surface area contributed by atoms with Gasteiger partial charge in [0, 0.05) is 19.7 Å². The third-order valence-electron chi connectivity index (χ3n) is 4.12. The van der Waals surface area contributed by atoms with Gasteiger partial charge in [-0.05, 0) is 26.2 Å². The smallest absolute Gasteiger partial charge is 0.317 e. The molecule has 3 atom stereocenters. The van der Waals surface area contributed by atoms with Crippen LogP contribution in [0.3, 0.4) is 0 Å². The summed E-state index contributed by atoms with van der Waals surface area (Å²) in [6.07, 6.45) is 3.22. The van der Waals surface area contributed by atoms with Gasteiger partial charge in [0.1, 0.15) is 5.92 Å². The van der Waals surface area contributed by atoms with E-state index in [1.807, 2.05) is 6.92 Å². The van der Waals surface area contributed by atoms with E-state index < -0.39 is 17.9 Å². The van der Waals surface area contributed by atoms with Crippen molar-refractivity contribution in [3.8, 4) is 0 Å². The number of rotatable bonds is 5. The van der Waals surface area contributed by atoms with E-state index in [0.717, 1.165) is 25.9 Å². The molecule has 0 spiro atoms. The van der Waals surface area contributed by atoms with Crippen LogP contribution in [0.4, 0.5) is 4.79 Å². The second kappa shape index (κ2) is 7.61. The fourth-order valence-electron chi connectivity index (χ4n) is 2.89. The van der Waals surface area contributed by atoms with Crippen LogP contribution < -0.4 is 5.32 Å². The highest BCUT2D eigenvalue weighted by Gasteiger charge is 2.39. The maximum atomic E-state index is 12.3. The van der Waals surface area contributed by atoms with Crippen molar-refractivity contribution in [3.63, 3.8) is 0 Å². The molecule has 2 rings (SSSR count). The summed E-state index contributed by atoms with van der Waals surface area (Å²) in [5, 5.41) is 12.0. The maximum Gasteiger partial charge on any atom is 0.317 e. The lowest BCUT2D eigenvalue weighted by Crippen LogP contribution is -2.51. The lowest BCUT2D eigenvalue weighted by atomic mass is 10.0. The Bertz CT molecular complexity index is 370. The molecule has 2 fully saturated rings. The molecule has 0 aromatic carbocycles. The van der Waals surface area contributed by atoms with Crippen molar-refractivity contribution in [3.05, 3.63) is 0 Å². The maximum absolute atomic E-state index is 12.3. The van der Waals surface area contributed by atoms with Gasteiger partial charge in [0.25, 0.3) is 0 Å². The monoisotopic (exact) mass is 300 g/mol. The molecule has 2 amide bonds. The van der Waals surface area contributed by atoms with E-state index in [4.69, 9.17) is 9.47 Å². The van der Waals surface area contributed by atoms with Gasteiger partial charge < -0.3 is 24.8 Å². The van der Waals surface area contributed by atoms with Crippen molar-refractivity contribution in [2.75, 3.05) is 32.9 Å². The number of carbonyl (C=O) groups excluding carboxylic acids is 1. The van der Waals surface area contributed by atoms with Crippen molar-refractivity contribution in [2.24, 2.45) is 5.92 Å². The van der Waals surface area contributed by atoms with Crippen molar-refractivity contribution < 1.29 is 24.2 Å². The SMILES string of the molecule is CCN(C(=O)NCC1CCCCO1)C1COCC1C(=O)O. The van der Waals surface area contributed by atoms with Gasteiger partial charge in [-0.1, -0.05) is 0 Å². The number of aliphatic carboxylic acids is 1. The van der Waals surface area contributed by atoms with Crippen molar-refractivity contribution in [1.82, 2.24) is 10.2 Å². The zero-order chi connectivity index (χ0) is 15.2. The van der Waals surface area contributed by atoms with E-state index in [0.29, 0.717) is 13.1 Å². The first-order valence-electron chi connectivity index (χ1n) is 7.60. The summed E-state index contributed by atoms with van der Waals surface area (Å²) in [6.45, 7) is 3.95. The summed E-state index contributed by atoms with van der Waals surface area (Å²) in [7, 11) is 0. The van der Waals surface area contributed by atoms with Crippen molar-refractivity contribution >= 4 is 12.0 Å². The predicted octanol–water partition coefficient (Wildman–Crippen LogP) is 0.687. The van der Waals surface area contributed by atoms with E-state index in [1.165, 1.54) is 0 Å². The summed E-state index contributed by atoms with van der Waals surface area (Å²) < 4.78 is 10.8. The highest BCUT2D eigenvalue weighted by atomic mass is 16.5. The standard InChI is InChI=1S/C14H24N2O5/c1-2-16(12-9-20-8-11(12)13(17)18)14(19)15-7-10-5-3-4-6-21-10/h10-12H,2-9H2,1H3,(H,15,19)(H,17,18). The van der Waals surface area contributed by atoms with Crippen LogP contribution in [0.1, 0.15) is 26.2 Å². The Morgan fingerprint density at radius 1 is 1.33 bits per heavy atom. The number of carboxylic acid groups (broad SMARTS) is 1. The number of nitrogens with one attached hydrogen (secondary N) is 1. The molecule has 2 saturated heterocycles. The van der Waals surface area contributed by atoms with Gasteiger partial charge in [0.2, 0.25) is 0 Å². The zero-order valence-electron chi connectivity index (χ0n) is 12.4. The minimum Gasteiger partial charge on any atom is -0.481 e. The van der Waals surface area contributed by atoms with Crippen molar-refractivity contribution in [1.29, 1.82) is 0 Å². The van der Waals surface area contributed by atoms with Crippen LogP contribution in [0.2, 0.25) is 0 Å². The minimum atomic E-state index is -0.917. The Kier molecular flexibility index (Phi) is 5.81. The van der Waals surface area contributed by atoms with Gasteiger partial charge in [-0.2, -0.15) is 0 Å². The molecule has 3 unspecified atom stereocenters. The Hall–Kier alpha value is -1.34. The normalized spacial score (nSPS) is 29.1. The van der Waals surface area contributed by atoms with Crippen LogP contribution in [-0.2, 0) is 14.3 Å². The number of ether oxygens (including phenoxy) is 2. The Morgan fingerprint density at radius 2 is 2.14 bits per heavy atom. The van der Waals surface area contributed by atoms with Gasteiger partial charge in [-0.25, -0.2) is 4.79 Å². The summed E-state index contributed by atoms with van der Waals surface area (Å²) in [6, 6.07) is -0.645. The molecule has 120 valence electrons. The first kappa shape index (κ1) is 16.0. The van der Waals surface area contributed by atoms with Crippen LogP contribution in [0.25, 0.3) is 0 Å². The second-order valence-corrected chi connectivity index (χ2v) is 5.51. The molecular weight excluding hydrogens is 276 g/mol. The molecule has 2 heterocycles. The summed E-state index contributed by atoms with van der Waals surface area (Å²) in [5.41, 5.74) is 0. The van der Waals surface area contributed by atoms with E-state index in [2.05, 4.69) is 5.32 Å². The first-order valence-corrected chi connectivity index (χ1v) is 7.60. The molecule has 0 aromatic heterocycles. The zero-order valence-corrected chi connectivity index (χ0v) is 12.4. The van der Waals surface area contributed by atoms with Crippen LogP contribution in [-0.4, -0.2) is 67.1 Å². The quantitative estimate of drug-likeness (QED) is 0.780. The lowest BCUT2D eigenvalue weighted by molar-refractivity contribution is -0.142. The topological polar surface area (TPSA) is 88.1 Å². The molecule has 0 saturated carbocycles. The number of nitrogens with zero attached hydrogens (tertiary/aromatic N) is 1. The van der Waals surface area contributed by atoms with Gasteiger partial charge in [-0.3, -0.25) is 4.79 Å². The Morgan fingerprint density at radius 3 is 2.76 bits per heavy atom. The average Bonchev–Trinajstić information content (AvgIpc) is 2.96. The number of carboxylic acids is 1. The first-order chi connectivity index (χ1) is 10.1. The number of carbonyl (C=O) groups is 2. The number of hydrogen-bond acceptors (Lipinski definition) is 4. The molecule has 0 aliphatic carbocycles. The fourth-order valence-corrected chi connectivity index (χ4v) is 2.89. The van der Waals surface area contributed by atoms with Crippen LogP contribution in [0.5, 0.6) is 0 Å². The van der Waals surface area contributed by atoms with Crippen molar-refractivity contribution in [2.45, 2.75) is 38.3 Å². The van der Waals surface area contributed by atoms with E-state index >= 15 is 0 Å². The molecule has 2 N–H and O–H groups in total.